The van der Waals surface area contributed by atoms with Gasteiger partial charge in [0.25, 0.3) is 0 Å². The van der Waals surface area contributed by atoms with Gasteiger partial charge in [0.05, 0.1) is 17.6 Å². The van der Waals surface area contributed by atoms with Crippen molar-refractivity contribution in [3.63, 3.8) is 0 Å². The van der Waals surface area contributed by atoms with Crippen LogP contribution in [0.25, 0.3) is 11.0 Å². The van der Waals surface area contributed by atoms with Gasteiger partial charge < -0.3 is 14.2 Å². The molecular formula is C28H35N3O2. The second kappa shape index (κ2) is 9.82. The number of ether oxygens (including phenoxy) is 1. The molecule has 1 saturated heterocycles. The van der Waals surface area contributed by atoms with E-state index in [4.69, 9.17) is 9.72 Å². The predicted molar refractivity (Wildman–Crippen MR) is 134 cm³/mol. The Morgan fingerprint density at radius 1 is 1.12 bits per heavy atom. The topological polar surface area (TPSA) is 47.4 Å². The van der Waals surface area contributed by atoms with Crippen LogP contribution in [0.5, 0.6) is 5.75 Å². The lowest BCUT2D eigenvalue weighted by Crippen LogP contribution is -2.42. The Morgan fingerprint density at radius 3 is 2.64 bits per heavy atom. The van der Waals surface area contributed by atoms with Gasteiger partial charge >= 0.3 is 0 Å². The molecule has 0 aliphatic carbocycles. The molecule has 1 aliphatic rings. The summed E-state index contributed by atoms with van der Waals surface area (Å²) in [5.74, 6) is 2.33. The molecule has 3 aromatic rings. The molecule has 1 aliphatic heterocycles. The third-order valence-electron chi connectivity index (χ3n) is 6.35. The number of rotatable bonds is 9. The number of unbranched alkanes of at least 4 members (excludes halogenated alkanes) is 1. The summed E-state index contributed by atoms with van der Waals surface area (Å²) >= 11 is 0. The van der Waals surface area contributed by atoms with Gasteiger partial charge in [0.2, 0.25) is 5.91 Å². The van der Waals surface area contributed by atoms with E-state index in [9.17, 15) is 4.79 Å². The standard InChI is InChI=1S/C28H35N3O2/c1-5-12-21-13-6-9-16-25(21)33-18-11-10-17-30-24-15-8-7-14-23(24)29-27(30)22-19-26(32)31(20-22)28(2,3)4/h5-9,13-16,22H,1,10-12,17-20H2,2-4H3. The average Bonchev–Trinajstić information content (AvgIpc) is 3.35. The first-order chi connectivity index (χ1) is 15.9. The number of imidazole rings is 1. The Labute approximate surface area is 197 Å². The SMILES string of the molecule is C=CCc1ccccc1OCCCCn1c(C2CC(=O)N(C(C)(C)C)C2)nc2ccccc21. The summed E-state index contributed by atoms with van der Waals surface area (Å²) in [6.45, 7) is 12.4. The minimum Gasteiger partial charge on any atom is -0.493 e. The monoisotopic (exact) mass is 445 g/mol. The van der Waals surface area contributed by atoms with Crippen molar-refractivity contribution in [3.05, 3.63) is 72.6 Å². The average molecular weight is 446 g/mol. The van der Waals surface area contributed by atoms with Gasteiger partial charge in [-0.05, 0) is 63.8 Å². The highest BCUT2D eigenvalue weighted by molar-refractivity contribution is 5.81. The summed E-state index contributed by atoms with van der Waals surface area (Å²) in [5, 5.41) is 0. The Morgan fingerprint density at radius 2 is 1.88 bits per heavy atom. The van der Waals surface area contributed by atoms with Gasteiger partial charge in [0.15, 0.2) is 0 Å². The van der Waals surface area contributed by atoms with E-state index in [1.54, 1.807) is 0 Å². The lowest BCUT2D eigenvalue weighted by Gasteiger charge is -2.32. The molecule has 0 radical (unpaired) electrons. The predicted octanol–water partition coefficient (Wildman–Crippen LogP) is 5.74. The van der Waals surface area contributed by atoms with Crippen molar-refractivity contribution in [1.82, 2.24) is 14.5 Å². The maximum absolute atomic E-state index is 12.7. The van der Waals surface area contributed by atoms with Crippen molar-refractivity contribution in [2.45, 2.75) is 64.5 Å². The van der Waals surface area contributed by atoms with Crippen molar-refractivity contribution < 1.29 is 9.53 Å². The van der Waals surface area contributed by atoms with E-state index in [2.05, 4.69) is 56.2 Å². The molecule has 1 unspecified atom stereocenters. The number of carbonyl (C=O) groups excluding carboxylic acids is 1. The third-order valence-corrected chi connectivity index (χ3v) is 6.35. The van der Waals surface area contributed by atoms with Gasteiger partial charge in [0, 0.05) is 31.0 Å². The first-order valence-corrected chi connectivity index (χ1v) is 12.0. The molecule has 1 amide bonds. The maximum atomic E-state index is 12.7. The van der Waals surface area contributed by atoms with Gasteiger partial charge in [0.1, 0.15) is 11.6 Å². The molecule has 0 saturated carbocycles. The number of allylic oxidation sites excluding steroid dienone is 1. The van der Waals surface area contributed by atoms with Gasteiger partial charge in [-0.1, -0.05) is 36.4 Å². The number of fused-ring (bicyclic) bond motifs is 1. The smallest absolute Gasteiger partial charge is 0.223 e. The van der Waals surface area contributed by atoms with Gasteiger partial charge in [-0.2, -0.15) is 0 Å². The second-order valence-corrected chi connectivity index (χ2v) is 9.84. The number of aryl methyl sites for hydroxylation is 1. The summed E-state index contributed by atoms with van der Waals surface area (Å²) in [5.41, 5.74) is 3.15. The van der Waals surface area contributed by atoms with E-state index in [1.807, 2.05) is 35.2 Å². The number of carbonyl (C=O) groups is 1. The minimum atomic E-state index is -0.165. The molecule has 2 heterocycles. The Hall–Kier alpha value is -3.08. The van der Waals surface area contributed by atoms with E-state index in [0.29, 0.717) is 13.0 Å². The largest absolute Gasteiger partial charge is 0.493 e. The summed E-state index contributed by atoms with van der Waals surface area (Å²) in [6.07, 6.45) is 5.19. The highest BCUT2D eigenvalue weighted by Crippen LogP contribution is 2.34. The van der Waals surface area contributed by atoms with Crippen LogP contribution in [-0.2, 0) is 17.8 Å². The molecule has 5 nitrogen and oxygen atoms in total. The first-order valence-electron chi connectivity index (χ1n) is 12.0. The Bertz CT molecular complexity index is 1130. The summed E-state index contributed by atoms with van der Waals surface area (Å²) in [4.78, 5) is 19.7. The van der Waals surface area contributed by atoms with Crippen molar-refractivity contribution >= 4 is 16.9 Å². The number of aromatic nitrogens is 2. The van der Waals surface area contributed by atoms with Crippen LogP contribution >= 0.6 is 0 Å². The normalized spacial score (nSPS) is 16.5. The summed E-state index contributed by atoms with van der Waals surface area (Å²) in [7, 11) is 0. The van der Waals surface area contributed by atoms with Gasteiger partial charge in [-0.3, -0.25) is 4.79 Å². The fraction of sp³-hybridized carbons (Fsp3) is 0.429. The third kappa shape index (κ3) is 5.13. The Balaban J connectivity index is 1.44. The van der Waals surface area contributed by atoms with Crippen molar-refractivity contribution in [3.8, 4) is 5.75 Å². The molecule has 0 bridgehead atoms. The molecule has 1 aromatic heterocycles. The molecule has 0 N–H and O–H groups in total. The fourth-order valence-electron chi connectivity index (χ4n) is 4.69. The first kappa shape index (κ1) is 23.1. The molecule has 1 fully saturated rings. The van der Waals surface area contributed by atoms with Crippen LogP contribution in [0.4, 0.5) is 0 Å². The molecular weight excluding hydrogens is 410 g/mol. The number of para-hydroxylation sites is 3. The molecule has 2 aromatic carbocycles. The zero-order valence-corrected chi connectivity index (χ0v) is 20.1. The van der Waals surface area contributed by atoms with Crippen LogP contribution in [0.1, 0.15) is 57.3 Å². The van der Waals surface area contributed by atoms with Crippen LogP contribution in [-0.4, -0.2) is 39.0 Å². The van der Waals surface area contributed by atoms with E-state index >= 15 is 0 Å². The zero-order valence-electron chi connectivity index (χ0n) is 20.1. The van der Waals surface area contributed by atoms with Crippen LogP contribution in [0.2, 0.25) is 0 Å². The lowest BCUT2D eigenvalue weighted by atomic mass is 10.1. The zero-order chi connectivity index (χ0) is 23.4. The Kier molecular flexibility index (Phi) is 6.87. The maximum Gasteiger partial charge on any atom is 0.223 e. The fourth-order valence-corrected chi connectivity index (χ4v) is 4.69. The van der Waals surface area contributed by atoms with Gasteiger partial charge in [-0.25, -0.2) is 4.98 Å². The molecule has 1 atom stereocenters. The van der Waals surface area contributed by atoms with Crippen LogP contribution in [0.15, 0.2) is 61.2 Å². The number of likely N-dealkylation sites (tertiary alicyclic amines) is 1. The van der Waals surface area contributed by atoms with Crippen LogP contribution in [0.3, 0.4) is 0 Å². The van der Waals surface area contributed by atoms with E-state index in [-0.39, 0.29) is 17.4 Å². The van der Waals surface area contributed by atoms with E-state index in [0.717, 1.165) is 55.0 Å². The molecule has 5 heteroatoms. The summed E-state index contributed by atoms with van der Waals surface area (Å²) < 4.78 is 8.39. The van der Waals surface area contributed by atoms with E-state index in [1.165, 1.54) is 5.56 Å². The second-order valence-electron chi connectivity index (χ2n) is 9.84. The van der Waals surface area contributed by atoms with Crippen molar-refractivity contribution in [1.29, 1.82) is 0 Å². The quantitative estimate of drug-likeness (QED) is 0.312. The van der Waals surface area contributed by atoms with E-state index < -0.39 is 0 Å². The lowest BCUT2D eigenvalue weighted by molar-refractivity contribution is -0.131. The van der Waals surface area contributed by atoms with Crippen LogP contribution in [0, 0.1) is 0 Å². The highest BCUT2D eigenvalue weighted by Gasteiger charge is 2.38. The highest BCUT2D eigenvalue weighted by atomic mass is 16.5. The molecule has 33 heavy (non-hydrogen) atoms. The number of hydrogen-bond donors (Lipinski definition) is 0. The van der Waals surface area contributed by atoms with Crippen molar-refractivity contribution in [2.75, 3.05) is 13.2 Å². The molecule has 174 valence electrons. The molecule has 4 rings (SSSR count). The minimum absolute atomic E-state index is 0.131. The number of benzene rings is 2. The number of nitrogens with zero attached hydrogens (tertiary/aromatic N) is 3. The summed E-state index contributed by atoms with van der Waals surface area (Å²) in [6, 6.07) is 16.4. The van der Waals surface area contributed by atoms with Crippen LogP contribution < -0.4 is 4.74 Å². The van der Waals surface area contributed by atoms with Gasteiger partial charge in [-0.15, -0.1) is 6.58 Å². The number of amides is 1. The van der Waals surface area contributed by atoms with Crippen molar-refractivity contribution in [2.24, 2.45) is 0 Å². The molecule has 0 spiro atoms. The number of hydrogen-bond acceptors (Lipinski definition) is 3.